The fourth-order valence-corrected chi connectivity index (χ4v) is 3.88. The van der Waals surface area contributed by atoms with Crippen molar-refractivity contribution >= 4 is 33.4 Å². The van der Waals surface area contributed by atoms with Crippen LogP contribution in [0, 0.1) is 13.8 Å². The number of rotatable bonds is 5. The van der Waals surface area contributed by atoms with Gasteiger partial charge in [0.1, 0.15) is 0 Å². The number of anilines is 1. The van der Waals surface area contributed by atoms with Crippen LogP contribution in [0.4, 0.5) is 5.69 Å². The topological polar surface area (TPSA) is 107 Å². The van der Waals surface area contributed by atoms with E-state index < -0.39 is 10.0 Å². The molecule has 9 heteroatoms. The first-order valence-corrected chi connectivity index (χ1v) is 11.1. The van der Waals surface area contributed by atoms with E-state index in [1.165, 1.54) is 23.9 Å². The third-order valence-corrected chi connectivity index (χ3v) is 5.97. The summed E-state index contributed by atoms with van der Waals surface area (Å²) in [7, 11) is -3.86. The van der Waals surface area contributed by atoms with Crippen LogP contribution in [-0.2, 0) is 10.0 Å². The Kier molecular flexibility index (Phi) is 5.59. The minimum Gasteiger partial charge on any atom is -0.322 e. The van der Waals surface area contributed by atoms with Gasteiger partial charge in [0.25, 0.3) is 5.91 Å². The van der Waals surface area contributed by atoms with Crippen LogP contribution < -0.4 is 10.5 Å². The second kappa shape index (κ2) is 7.78. The molecule has 0 saturated heterocycles. The number of amides is 1. The van der Waals surface area contributed by atoms with Gasteiger partial charge in [-0.1, -0.05) is 11.8 Å². The normalized spacial score (nSPS) is 11.4. The summed E-state index contributed by atoms with van der Waals surface area (Å²) >= 11 is 1.53. The average Bonchev–Trinajstić information content (AvgIpc) is 3.13. The number of hydrogen-bond donors (Lipinski definition) is 2. The van der Waals surface area contributed by atoms with E-state index in [9.17, 15) is 13.2 Å². The molecule has 28 heavy (non-hydrogen) atoms. The van der Waals surface area contributed by atoms with Crippen LogP contribution in [0.1, 0.15) is 21.5 Å². The molecule has 2 aromatic carbocycles. The highest BCUT2D eigenvalue weighted by atomic mass is 32.2. The second-order valence-electron chi connectivity index (χ2n) is 6.24. The Bertz CT molecular complexity index is 1140. The summed E-state index contributed by atoms with van der Waals surface area (Å²) in [4.78, 5) is 16.9. The lowest BCUT2D eigenvalue weighted by Crippen LogP contribution is -2.16. The molecule has 0 fully saturated rings. The summed E-state index contributed by atoms with van der Waals surface area (Å²) in [5.74, 6) is -0.337. The van der Waals surface area contributed by atoms with E-state index in [2.05, 4.69) is 10.3 Å². The van der Waals surface area contributed by atoms with Gasteiger partial charge >= 0.3 is 0 Å². The quantitative estimate of drug-likeness (QED) is 0.622. The molecule has 0 aliphatic heterocycles. The van der Waals surface area contributed by atoms with Crippen LogP contribution >= 0.6 is 11.8 Å². The summed E-state index contributed by atoms with van der Waals surface area (Å²) in [5.41, 5.74) is 3.26. The molecule has 3 aromatic rings. The molecule has 0 aliphatic rings. The van der Waals surface area contributed by atoms with Crippen molar-refractivity contribution in [2.24, 2.45) is 5.14 Å². The van der Waals surface area contributed by atoms with E-state index in [-0.39, 0.29) is 10.8 Å². The summed E-state index contributed by atoms with van der Waals surface area (Å²) in [6, 6.07) is 9.94. The fourth-order valence-electron chi connectivity index (χ4n) is 2.73. The van der Waals surface area contributed by atoms with E-state index in [1.54, 1.807) is 25.3 Å². The van der Waals surface area contributed by atoms with Crippen molar-refractivity contribution in [3.8, 4) is 5.69 Å². The van der Waals surface area contributed by atoms with Gasteiger partial charge in [0.05, 0.1) is 4.90 Å². The maximum Gasteiger partial charge on any atom is 0.255 e. The van der Waals surface area contributed by atoms with Crippen molar-refractivity contribution in [1.82, 2.24) is 9.55 Å². The summed E-state index contributed by atoms with van der Waals surface area (Å²) < 4.78 is 25.3. The molecule has 0 saturated carbocycles. The van der Waals surface area contributed by atoms with Gasteiger partial charge in [-0.2, -0.15) is 0 Å². The number of nitrogens with two attached hydrogens (primary N) is 1. The third-order valence-electron chi connectivity index (χ3n) is 4.41. The van der Waals surface area contributed by atoms with Crippen LogP contribution in [0.25, 0.3) is 5.69 Å². The first-order chi connectivity index (χ1) is 13.2. The largest absolute Gasteiger partial charge is 0.322 e. The van der Waals surface area contributed by atoms with Crippen molar-refractivity contribution in [3.63, 3.8) is 0 Å². The number of imidazole rings is 1. The molecule has 3 rings (SSSR count). The van der Waals surface area contributed by atoms with Crippen LogP contribution in [0.3, 0.4) is 0 Å². The molecule has 0 atom stereocenters. The maximum atomic E-state index is 12.6. The van der Waals surface area contributed by atoms with E-state index in [0.29, 0.717) is 11.3 Å². The molecule has 0 aliphatic carbocycles. The van der Waals surface area contributed by atoms with Crippen molar-refractivity contribution in [1.29, 1.82) is 0 Å². The van der Waals surface area contributed by atoms with Crippen LogP contribution in [-0.4, -0.2) is 30.1 Å². The predicted octanol–water partition coefficient (Wildman–Crippen LogP) is 3.11. The number of thioether (sulfide) groups is 1. The molecule has 146 valence electrons. The monoisotopic (exact) mass is 416 g/mol. The summed E-state index contributed by atoms with van der Waals surface area (Å²) in [5, 5.41) is 8.85. The maximum absolute atomic E-state index is 12.6. The molecular weight excluding hydrogens is 396 g/mol. The highest BCUT2D eigenvalue weighted by Crippen LogP contribution is 2.24. The van der Waals surface area contributed by atoms with Crippen molar-refractivity contribution in [2.75, 3.05) is 11.6 Å². The molecule has 1 aromatic heterocycles. The highest BCUT2D eigenvalue weighted by molar-refractivity contribution is 7.98. The summed E-state index contributed by atoms with van der Waals surface area (Å²) in [6.07, 6.45) is 5.52. The molecule has 0 spiro atoms. The highest BCUT2D eigenvalue weighted by Gasteiger charge is 2.15. The number of aryl methyl sites for hydroxylation is 1. The Morgan fingerprint density at radius 2 is 1.86 bits per heavy atom. The van der Waals surface area contributed by atoms with Gasteiger partial charge in [0, 0.05) is 29.3 Å². The lowest BCUT2D eigenvalue weighted by Gasteiger charge is -2.13. The van der Waals surface area contributed by atoms with E-state index in [1.807, 2.05) is 36.1 Å². The SMILES string of the molecule is CSc1nccn1-c1ccc(C(=O)Nc2cc(S(N)(=O)=O)cc(C)c2C)cc1. The van der Waals surface area contributed by atoms with E-state index in [4.69, 9.17) is 5.14 Å². The van der Waals surface area contributed by atoms with Crippen LogP contribution in [0.2, 0.25) is 0 Å². The number of sulfonamides is 1. The molecular formula is C19H20N4O3S2. The summed E-state index contributed by atoms with van der Waals surface area (Å²) in [6.45, 7) is 3.58. The Labute approximate surface area is 168 Å². The Morgan fingerprint density at radius 3 is 2.46 bits per heavy atom. The third kappa shape index (κ3) is 4.11. The first kappa shape index (κ1) is 20.1. The second-order valence-corrected chi connectivity index (χ2v) is 8.58. The van der Waals surface area contributed by atoms with Crippen molar-refractivity contribution in [2.45, 2.75) is 23.9 Å². The van der Waals surface area contributed by atoms with E-state index in [0.717, 1.165) is 22.0 Å². The van der Waals surface area contributed by atoms with Gasteiger partial charge in [-0.3, -0.25) is 9.36 Å². The molecule has 0 bridgehead atoms. The molecule has 1 amide bonds. The first-order valence-electron chi connectivity index (χ1n) is 8.34. The van der Waals surface area contributed by atoms with Gasteiger partial charge in [0.2, 0.25) is 10.0 Å². The number of carbonyl (C=O) groups excluding carboxylic acids is 1. The van der Waals surface area contributed by atoms with E-state index >= 15 is 0 Å². The Morgan fingerprint density at radius 1 is 1.18 bits per heavy atom. The van der Waals surface area contributed by atoms with Crippen molar-refractivity contribution in [3.05, 3.63) is 65.5 Å². The number of carbonyl (C=O) groups is 1. The number of benzene rings is 2. The van der Waals surface area contributed by atoms with Gasteiger partial charge < -0.3 is 5.32 Å². The zero-order valence-corrected chi connectivity index (χ0v) is 17.3. The smallest absolute Gasteiger partial charge is 0.255 e. The molecule has 1 heterocycles. The molecule has 0 unspecified atom stereocenters. The zero-order chi connectivity index (χ0) is 20.5. The van der Waals surface area contributed by atoms with Crippen LogP contribution in [0.15, 0.2) is 58.8 Å². The van der Waals surface area contributed by atoms with Crippen LogP contribution in [0.5, 0.6) is 0 Å². The van der Waals surface area contributed by atoms with Gasteiger partial charge in [0.15, 0.2) is 5.16 Å². The zero-order valence-electron chi connectivity index (χ0n) is 15.6. The molecule has 0 radical (unpaired) electrons. The van der Waals surface area contributed by atoms with Gasteiger partial charge in [-0.05, 0) is 67.6 Å². The lowest BCUT2D eigenvalue weighted by atomic mass is 10.1. The molecule has 7 nitrogen and oxygen atoms in total. The predicted molar refractivity (Wildman–Crippen MR) is 111 cm³/mol. The number of aromatic nitrogens is 2. The van der Waals surface area contributed by atoms with Gasteiger partial charge in [-0.15, -0.1) is 0 Å². The fraction of sp³-hybridized carbons (Fsp3) is 0.158. The minimum absolute atomic E-state index is 0.0362. The number of hydrogen-bond acceptors (Lipinski definition) is 5. The number of primary sulfonamides is 1. The average molecular weight is 417 g/mol. The number of nitrogens with zero attached hydrogens (tertiary/aromatic N) is 2. The Balaban J connectivity index is 1.87. The van der Waals surface area contributed by atoms with Crippen molar-refractivity contribution < 1.29 is 13.2 Å². The molecule has 3 N–H and O–H groups in total. The lowest BCUT2D eigenvalue weighted by molar-refractivity contribution is 0.102. The standard InChI is InChI=1S/C19H20N4O3S2/c1-12-10-16(28(20,25)26)11-17(13(12)2)22-18(24)14-4-6-15(7-5-14)23-9-8-21-19(23)27-3/h4-11H,1-3H3,(H,22,24)(H2,20,25,26). The number of nitrogens with one attached hydrogen (secondary N) is 1. The minimum atomic E-state index is -3.86. The van der Waals surface area contributed by atoms with Gasteiger partial charge in [-0.25, -0.2) is 18.5 Å². The Hall–Kier alpha value is -2.62.